The van der Waals surface area contributed by atoms with Crippen molar-refractivity contribution in [2.45, 2.75) is 6.61 Å². The molecule has 0 aliphatic heterocycles. The number of hydrogen-bond donors (Lipinski definition) is 2. The van der Waals surface area contributed by atoms with Crippen molar-refractivity contribution in [3.05, 3.63) is 85.3 Å². The summed E-state index contributed by atoms with van der Waals surface area (Å²) >= 11 is 21.5. The second-order valence-corrected chi connectivity index (χ2v) is 8.85. The topological polar surface area (TPSA) is 72.0 Å². The highest BCUT2D eigenvalue weighted by Gasteiger charge is 2.13. The molecule has 0 fully saturated rings. The predicted molar refractivity (Wildman–Crippen MR) is 137 cm³/mol. The third-order valence-corrected chi connectivity index (χ3v) is 5.77. The molecule has 3 aromatic carbocycles. The van der Waals surface area contributed by atoms with Crippen LogP contribution in [0, 0.1) is 0 Å². The van der Waals surface area contributed by atoms with Gasteiger partial charge in [0.25, 0.3) is 5.91 Å². The van der Waals surface area contributed by atoms with Crippen molar-refractivity contribution < 1.29 is 14.3 Å². The van der Waals surface area contributed by atoms with E-state index in [1.165, 1.54) is 13.3 Å². The van der Waals surface area contributed by atoms with Crippen LogP contribution in [0.15, 0.2) is 64.2 Å². The Labute approximate surface area is 215 Å². The maximum atomic E-state index is 12.0. The van der Waals surface area contributed by atoms with Crippen molar-refractivity contribution in [2.75, 3.05) is 19.0 Å². The number of nitrogens with zero attached hydrogens (tertiary/aromatic N) is 1. The van der Waals surface area contributed by atoms with Crippen LogP contribution in [-0.2, 0) is 11.4 Å². The molecule has 3 rings (SSSR count). The SMILES string of the molecule is COc1cc(/C=N\NC(=O)CNc2ccc(Cl)cc2)cc(Br)c1OCc1ccc(Cl)cc1Cl. The van der Waals surface area contributed by atoms with Crippen LogP contribution in [0.4, 0.5) is 5.69 Å². The fourth-order valence-electron chi connectivity index (χ4n) is 2.71. The Hall–Kier alpha value is -2.45. The molecule has 6 nitrogen and oxygen atoms in total. The molecular formula is C23H19BrCl3N3O3. The van der Waals surface area contributed by atoms with E-state index in [0.717, 1.165) is 11.3 Å². The van der Waals surface area contributed by atoms with Crippen molar-refractivity contribution in [3.8, 4) is 11.5 Å². The van der Waals surface area contributed by atoms with Crippen LogP contribution in [0.1, 0.15) is 11.1 Å². The van der Waals surface area contributed by atoms with Gasteiger partial charge in [0.1, 0.15) is 6.61 Å². The van der Waals surface area contributed by atoms with Gasteiger partial charge in [0, 0.05) is 26.3 Å². The monoisotopic (exact) mass is 569 g/mol. The molecule has 3 aromatic rings. The van der Waals surface area contributed by atoms with Gasteiger partial charge >= 0.3 is 0 Å². The predicted octanol–water partition coefficient (Wildman–Crippen LogP) is 6.56. The molecule has 0 saturated carbocycles. The normalized spacial score (nSPS) is 10.8. The zero-order valence-corrected chi connectivity index (χ0v) is 21.2. The van der Waals surface area contributed by atoms with Crippen LogP contribution in [0.5, 0.6) is 11.5 Å². The number of benzene rings is 3. The van der Waals surface area contributed by atoms with Gasteiger partial charge in [0.15, 0.2) is 11.5 Å². The summed E-state index contributed by atoms with van der Waals surface area (Å²) < 4.78 is 12.0. The van der Waals surface area contributed by atoms with Crippen molar-refractivity contribution in [1.82, 2.24) is 5.43 Å². The van der Waals surface area contributed by atoms with Crippen LogP contribution < -0.4 is 20.2 Å². The lowest BCUT2D eigenvalue weighted by molar-refractivity contribution is -0.119. The summed E-state index contributed by atoms with van der Waals surface area (Å²) in [4.78, 5) is 12.0. The number of carbonyl (C=O) groups excluding carboxylic acids is 1. The van der Waals surface area contributed by atoms with Gasteiger partial charge in [-0.05, 0) is 70.0 Å². The molecule has 0 radical (unpaired) electrons. The number of amides is 1. The lowest BCUT2D eigenvalue weighted by Crippen LogP contribution is -2.25. The zero-order chi connectivity index (χ0) is 23.8. The summed E-state index contributed by atoms with van der Waals surface area (Å²) in [6.45, 7) is 0.293. The molecule has 0 heterocycles. The number of carbonyl (C=O) groups is 1. The summed E-state index contributed by atoms with van der Waals surface area (Å²) in [5.74, 6) is 0.704. The standard InChI is InChI=1S/C23H19BrCl3N3O3/c1-32-21-9-14(11-29-30-22(31)12-28-18-6-4-16(25)5-7-18)8-19(24)23(21)33-13-15-2-3-17(26)10-20(15)27/h2-11,28H,12-13H2,1H3,(H,30,31)/b29-11-. The molecule has 0 atom stereocenters. The molecule has 0 bridgehead atoms. The fourth-order valence-corrected chi connectivity index (χ4v) is 3.87. The molecule has 0 unspecified atom stereocenters. The van der Waals surface area contributed by atoms with E-state index in [4.69, 9.17) is 44.3 Å². The molecule has 10 heteroatoms. The van der Waals surface area contributed by atoms with E-state index in [1.54, 1.807) is 54.6 Å². The molecule has 0 spiro atoms. The number of hydrazone groups is 1. The second-order valence-electron chi connectivity index (χ2n) is 6.71. The second kappa shape index (κ2) is 12.1. The largest absolute Gasteiger partial charge is 0.493 e. The van der Waals surface area contributed by atoms with E-state index < -0.39 is 0 Å². The number of rotatable bonds is 9. The molecule has 172 valence electrons. The van der Waals surface area contributed by atoms with Gasteiger partial charge in [-0.15, -0.1) is 0 Å². The van der Waals surface area contributed by atoms with Gasteiger partial charge in [-0.3, -0.25) is 4.79 Å². The van der Waals surface area contributed by atoms with Crippen molar-refractivity contribution >= 4 is 68.5 Å². The van der Waals surface area contributed by atoms with Crippen molar-refractivity contribution in [3.63, 3.8) is 0 Å². The van der Waals surface area contributed by atoms with Gasteiger partial charge in [-0.1, -0.05) is 40.9 Å². The first kappa shape index (κ1) is 25.2. The fraction of sp³-hybridized carbons (Fsp3) is 0.130. The van der Waals surface area contributed by atoms with Gasteiger partial charge in [-0.2, -0.15) is 5.10 Å². The van der Waals surface area contributed by atoms with Crippen LogP contribution in [0.25, 0.3) is 0 Å². The summed E-state index contributed by atoms with van der Waals surface area (Å²) in [7, 11) is 1.54. The third-order valence-electron chi connectivity index (χ3n) is 4.34. The average molecular weight is 572 g/mol. The maximum Gasteiger partial charge on any atom is 0.259 e. The summed E-state index contributed by atoms with van der Waals surface area (Å²) in [6, 6.07) is 15.8. The first-order chi connectivity index (χ1) is 15.9. The number of hydrogen-bond acceptors (Lipinski definition) is 5. The highest BCUT2D eigenvalue weighted by molar-refractivity contribution is 9.10. The quantitative estimate of drug-likeness (QED) is 0.225. The number of methoxy groups -OCH3 is 1. The van der Waals surface area contributed by atoms with Crippen LogP contribution >= 0.6 is 50.7 Å². The molecular weight excluding hydrogens is 553 g/mol. The van der Waals surface area contributed by atoms with Crippen molar-refractivity contribution in [1.29, 1.82) is 0 Å². The highest BCUT2D eigenvalue weighted by Crippen LogP contribution is 2.37. The first-order valence-electron chi connectivity index (χ1n) is 9.61. The minimum Gasteiger partial charge on any atom is -0.493 e. The Morgan fingerprint density at radius 2 is 1.79 bits per heavy atom. The molecule has 33 heavy (non-hydrogen) atoms. The smallest absolute Gasteiger partial charge is 0.259 e. The van der Waals surface area contributed by atoms with Gasteiger partial charge in [0.05, 0.1) is 24.3 Å². The Morgan fingerprint density at radius 3 is 2.48 bits per heavy atom. The molecule has 1 amide bonds. The van der Waals surface area contributed by atoms with Gasteiger partial charge in [-0.25, -0.2) is 5.43 Å². The highest BCUT2D eigenvalue weighted by atomic mass is 79.9. The number of ether oxygens (including phenoxy) is 2. The molecule has 0 saturated heterocycles. The van der Waals surface area contributed by atoms with E-state index in [9.17, 15) is 4.79 Å². The first-order valence-corrected chi connectivity index (χ1v) is 11.5. The number of nitrogens with one attached hydrogen (secondary N) is 2. The van der Waals surface area contributed by atoms with E-state index in [2.05, 4.69) is 31.8 Å². The number of halogens is 4. The summed E-state index contributed by atoms with van der Waals surface area (Å²) in [5.41, 5.74) is 4.73. The van der Waals surface area contributed by atoms with Crippen LogP contribution in [0.2, 0.25) is 15.1 Å². The van der Waals surface area contributed by atoms with Crippen molar-refractivity contribution in [2.24, 2.45) is 5.10 Å². The lowest BCUT2D eigenvalue weighted by Gasteiger charge is -2.14. The van der Waals surface area contributed by atoms with E-state index in [0.29, 0.717) is 36.6 Å². The van der Waals surface area contributed by atoms with Gasteiger partial charge < -0.3 is 14.8 Å². The van der Waals surface area contributed by atoms with Crippen LogP contribution in [0.3, 0.4) is 0 Å². The molecule has 0 aliphatic rings. The van der Waals surface area contributed by atoms with E-state index in [-0.39, 0.29) is 19.1 Å². The number of anilines is 1. The minimum absolute atomic E-state index is 0.0615. The molecule has 0 aromatic heterocycles. The van der Waals surface area contributed by atoms with E-state index >= 15 is 0 Å². The third kappa shape index (κ3) is 7.54. The molecule has 0 aliphatic carbocycles. The lowest BCUT2D eigenvalue weighted by atomic mass is 10.2. The van der Waals surface area contributed by atoms with E-state index in [1.807, 2.05) is 0 Å². The minimum atomic E-state index is -0.299. The Morgan fingerprint density at radius 1 is 1.06 bits per heavy atom. The molecule has 2 N–H and O–H groups in total. The zero-order valence-electron chi connectivity index (χ0n) is 17.4. The van der Waals surface area contributed by atoms with Gasteiger partial charge in [0.2, 0.25) is 0 Å². The summed E-state index contributed by atoms with van der Waals surface area (Å²) in [6.07, 6.45) is 1.51. The Bertz CT molecular complexity index is 1160. The maximum absolute atomic E-state index is 12.0. The van der Waals surface area contributed by atoms with Crippen LogP contribution in [-0.4, -0.2) is 25.8 Å². The summed E-state index contributed by atoms with van der Waals surface area (Å²) in [5, 5.41) is 8.68. The Balaban J connectivity index is 1.59. The average Bonchev–Trinajstić information content (AvgIpc) is 2.78. The Kier molecular flexibility index (Phi) is 9.26.